The first-order valence-electron chi connectivity index (χ1n) is 5.50. The third-order valence-electron chi connectivity index (χ3n) is 2.97. The second-order valence-corrected chi connectivity index (χ2v) is 6.64. The minimum absolute atomic E-state index is 0.0651. The van der Waals surface area contributed by atoms with Crippen molar-refractivity contribution in [3.05, 3.63) is 58.6 Å². The average molecular weight is 306 g/mol. The van der Waals surface area contributed by atoms with E-state index in [0.29, 0.717) is 0 Å². The first-order valence-corrected chi connectivity index (χ1v) is 7.11. The molecular weight excluding hydrogens is 294 g/mol. The van der Waals surface area contributed by atoms with Gasteiger partial charge < -0.3 is 5.32 Å². The second-order valence-electron chi connectivity index (χ2n) is 4.26. The molecule has 1 unspecified atom stereocenters. The molecule has 0 aromatic heterocycles. The van der Waals surface area contributed by atoms with Crippen molar-refractivity contribution in [1.82, 2.24) is 0 Å². The van der Waals surface area contributed by atoms with Crippen molar-refractivity contribution in [1.29, 1.82) is 0 Å². The molecule has 17 heavy (non-hydrogen) atoms. The number of nitrogens with one attached hydrogen (secondary N) is 1. The molecule has 0 aliphatic carbocycles. The van der Waals surface area contributed by atoms with Gasteiger partial charge in [-0.1, -0.05) is 52.0 Å². The zero-order valence-electron chi connectivity index (χ0n) is 9.41. The van der Waals surface area contributed by atoms with Crippen LogP contribution < -0.4 is 5.32 Å². The number of halogens is 1. The molecule has 1 heterocycles. The summed E-state index contributed by atoms with van der Waals surface area (Å²) in [4.78, 5) is 1.25. The highest BCUT2D eigenvalue weighted by atomic mass is 79.9. The van der Waals surface area contributed by atoms with E-state index in [4.69, 9.17) is 0 Å². The molecule has 0 saturated heterocycles. The molecule has 0 bridgehead atoms. The Hall–Kier alpha value is -0.930. The quantitative estimate of drug-likeness (QED) is 0.809. The van der Waals surface area contributed by atoms with E-state index in [9.17, 15) is 0 Å². The highest BCUT2D eigenvalue weighted by molar-refractivity contribution is 9.10. The lowest BCUT2D eigenvalue weighted by molar-refractivity contribution is 0.816. The Kier molecular flexibility index (Phi) is 2.68. The maximum absolute atomic E-state index is 3.59. The molecule has 2 aromatic carbocycles. The van der Waals surface area contributed by atoms with E-state index in [1.165, 1.54) is 16.1 Å². The first kappa shape index (κ1) is 11.2. The van der Waals surface area contributed by atoms with E-state index in [1.54, 1.807) is 0 Å². The number of benzene rings is 2. The highest BCUT2D eigenvalue weighted by Crippen LogP contribution is 2.50. The van der Waals surface area contributed by atoms with Crippen molar-refractivity contribution in [3.63, 3.8) is 0 Å². The number of fused-ring (bicyclic) bond motifs is 1. The molecule has 3 rings (SSSR count). The van der Waals surface area contributed by atoms with Gasteiger partial charge in [-0.25, -0.2) is 0 Å². The van der Waals surface area contributed by atoms with E-state index in [2.05, 4.69) is 76.7 Å². The molecule has 0 fully saturated rings. The van der Waals surface area contributed by atoms with Gasteiger partial charge in [0.2, 0.25) is 0 Å². The summed E-state index contributed by atoms with van der Waals surface area (Å²) in [6, 6.07) is 17.0. The van der Waals surface area contributed by atoms with Crippen LogP contribution in [-0.2, 0) is 4.87 Å². The Bertz CT molecular complexity index is 525. The third kappa shape index (κ3) is 1.98. The SMILES string of the molecule is CC1(c2ccc(Br)cc2)Nc2ccccc2S1. The molecule has 1 nitrogen and oxygen atoms in total. The van der Waals surface area contributed by atoms with Gasteiger partial charge in [-0.3, -0.25) is 0 Å². The summed E-state index contributed by atoms with van der Waals surface area (Å²) in [5, 5.41) is 3.59. The maximum atomic E-state index is 3.59. The molecule has 1 aliphatic rings. The fourth-order valence-electron chi connectivity index (χ4n) is 2.06. The monoisotopic (exact) mass is 305 g/mol. The van der Waals surface area contributed by atoms with Gasteiger partial charge in [0.1, 0.15) is 4.87 Å². The fraction of sp³-hybridized carbons (Fsp3) is 0.143. The van der Waals surface area contributed by atoms with Gasteiger partial charge in [0.15, 0.2) is 0 Å². The van der Waals surface area contributed by atoms with Crippen LogP contribution in [0.1, 0.15) is 12.5 Å². The van der Waals surface area contributed by atoms with Crippen molar-refractivity contribution < 1.29 is 0 Å². The number of thioether (sulfide) groups is 1. The van der Waals surface area contributed by atoms with Gasteiger partial charge in [-0.15, -0.1) is 0 Å². The molecular formula is C14H12BrNS. The minimum Gasteiger partial charge on any atom is -0.366 e. The normalized spacial score (nSPS) is 22.0. The van der Waals surface area contributed by atoms with Crippen LogP contribution >= 0.6 is 27.7 Å². The van der Waals surface area contributed by atoms with Gasteiger partial charge in [0, 0.05) is 15.1 Å². The number of para-hydroxylation sites is 1. The average Bonchev–Trinajstić information content (AvgIpc) is 2.67. The van der Waals surface area contributed by atoms with Crippen molar-refractivity contribution in [2.45, 2.75) is 16.7 Å². The summed E-state index contributed by atoms with van der Waals surface area (Å²) in [5.41, 5.74) is 2.52. The molecule has 0 saturated carbocycles. The van der Waals surface area contributed by atoms with E-state index in [1.807, 2.05) is 11.8 Å². The van der Waals surface area contributed by atoms with Gasteiger partial charge in [-0.05, 0) is 36.8 Å². The fourth-order valence-corrected chi connectivity index (χ4v) is 3.56. The lowest BCUT2D eigenvalue weighted by Crippen LogP contribution is -2.23. The Morgan fingerprint density at radius 2 is 1.76 bits per heavy atom. The first-order chi connectivity index (χ1) is 8.17. The number of rotatable bonds is 1. The summed E-state index contributed by atoms with van der Waals surface area (Å²) < 4.78 is 1.12. The van der Waals surface area contributed by atoms with Crippen molar-refractivity contribution in [2.24, 2.45) is 0 Å². The van der Waals surface area contributed by atoms with Crippen LogP contribution in [0.2, 0.25) is 0 Å². The highest BCUT2D eigenvalue weighted by Gasteiger charge is 2.34. The lowest BCUT2D eigenvalue weighted by atomic mass is 10.1. The summed E-state index contributed by atoms with van der Waals surface area (Å²) in [6.07, 6.45) is 0. The van der Waals surface area contributed by atoms with Gasteiger partial charge >= 0.3 is 0 Å². The summed E-state index contributed by atoms with van der Waals surface area (Å²) in [6.45, 7) is 2.22. The molecule has 0 radical (unpaired) electrons. The Balaban J connectivity index is 1.98. The van der Waals surface area contributed by atoms with Gasteiger partial charge in [0.05, 0.1) is 0 Å². The molecule has 0 amide bonds. The van der Waals surface area contributed by atoms with Crippen molar-refractivity contribution >= 4 is 33.4 Å². The largest absolute Gasteiger partial charge is 0.366 e. The van der Waals surface area contributed by atoms with E-state index in [0.717, 1.165) is 4.47 Å². The van der Waals surface area contributed by atoms with Crippen LogP contribution in [0, 0.1) is 0 Å². The number of hydrogen-bond donors (Lipinski definition) is 1. The lowest BCUT2D eigenvalue weighted by Gasteiger charge is -2.24. The van der Waals surface area contributed by atoms with Crippen LogP contribution in [0.3, 0.4) is 0 Å². The molecule has 1 atom stereocenters. The standard InChI is InChI=1S/C14H12BrNS/c1-14(10-6-8-11(15)9-7-10)16-12-4-2-3-5-13(12)17-14/h2-9,16H,1H3. The number of anilines is 1. The summed E-state index contributed by atoms with van der Waals surface area (Å²) >= 11 is 5.34. The van der Waals surface area contributed by atoms with Gasteiger partial charge in [-0.2, -0.15) is 0 Å². The maximum Gasteiger partial charge on any atom is 0.111 e. The smallest absolute Gasteiger partial charge is 0.111 e. The van der Waals surface area contributed by atoms with Gasteiger partial charge in [0.25, 0.3) is 0 Å². The zero-order valence-corrected chi connectivity index (χ0v) is 11.8. The predicted octanol–water partition coefficient (Wildman–Crippen LogP) is 4.84. The van der Waals surface area contributed by atoms with Crippen LogP contribution in [0.25, 0.3) is 0 Å². The zero-order chi connectivity index (χ0) is 11.9. The van der Waals surface area contributed by atoms with Crippen LogP contribution in [0.5, 0.6) is 0 Å². The molecule has 86 valence electrons. The Labute approximate surface area is 114 Å². The summed E-state index contributed by atoms with van der Waals surface area (Å²) in [7, 11) is 0. The van der Waals surface area contributed by atoms with E-state index >= 15 is 0 Å². The topological polar surface area (TPSA) is 12.0 Å². The van der Waals surface area contributed by atoms with E-state index in [-0.39, 0.29) is 4.87 Å². The summed E-state index contributed by atoms with van der Waals surface area (Å²) in [5.74, 6) is 0. The van der Waals surface area contributed by atoms with Crippen LogP contribution in [-0.4, -0.2) is 0 Å². The number of hydrogen-bond acceptors (Lipinski definition) is 2. The van der Waals surface area contributed by atoms with Crippen molar-refractivity contribution in [3.8, 4) is 0 Å². The molecule has 3 heteroatoms. The predicted molar refractivity (Wildman–Crippen MR) is 77.4 cm³/mol. The minimum atomic E-state index is -0.0651. The molecule has 0 spiro atoms. The molecule has 1 aliphatic heterocycles. The third-order valence-corrected chi connectivity index (χ3v) is 4.82. The Morgan fingerprint density at radius 3 is 2.47 bits per heavy atom. The van der Waals surface area contributed by atoms with Crippen LogP contribution in [0.4, 0.5) is 5.69 Å². The van der Waals surface area contributed by atoms with Crippen molar-refractivity contribution in [2.75, 3.05) is 5.32 Å². The molecule has 2 aromatic rings. The molecule has 1 N–H and O–H groups in total. The Morgan fingerprint density at radius 1 is 1.06 bits per heavy atom. The second kappa shape index (κ2) is 4.07. The van der Waals surface area contributed by atoms with Crippen LogP contribution in [0.15, 0.2) is 57.9 Å². The van der Waals surface area contributed by atoms with E-state index < -0.39 is 0 Å².